The topological polar surface area (TPSA) is 60.4 Å². The van der Waals surface area contributed by atoms with E-state index in [4.69, 9.17) is 18.8 Å². The molecule has 1 N–H and O–H groups in total. The summed E-state index contributed by atoms with van der Waals surface area (Å²) in [5, 5.41) is 10.2. The van der Waals surface area contributed by atoms with E-state index in [0.29, 0.717) is 6.54 Å². The number of β-amino-alcohol motifs (C(OH)–C–C–N with tert-alkyl or cyclic N) is 1. The lowest BCUT2D eigenvalue weighted by Gasteiger charge is -2.32. The Balaban J connectivity index is 1.49. The first-order valence-corrected chi connectivity index (χ1v) is 9.33. The molecule has 7 heteroatoms. The van der Waals surface area contributed by atoms with E-state index < -0.39 is 6.10 Å². The third-order valence-electron chi connectivity index (χ3n) is 5.42. The number of hydrogen-bond donors (Lipinski definition) is 1. The van der Waals surface area contributed by atoms with Gasteiger partial charge in [-0.15, -0.1) is 0 Å². The highest BCUT2D eigenvalue weighted by atomic mass is 16.7. The van der Waals surface area contributed by atoms with Gasteiger partial charge in [-0.3, -0.25) is 4.90 Å². The molecule has 3 rings (SSSR count). The molecule has 26 heavy (non-hydrogen) atoms. The van der Waals surface area contributed by atoms with Gasteiger partial charge in [0, 0.05) is 19.6 Å². The van der Waals surface area contributed by atoms with Crippen LogP contribution >= 0.6 is 0 Å². The SMILES string of the molecule is CC1(C)OB(c2ccc(OC[C@@H](O)CN3CCOCC3)cc2)OC1(C)C. The molecule has 0 radical (unpaired) electrons. The summed E-state index contributed by atoms with van der Waals surface area (Å²) in [5.41, 5.74) is 0.261. The normalized spacial score (nSPS) is 23.8. The summed E-state index contributed by atoms with van der Waals surface area (Å²) in [4.78, 5) is 2.19. The predicted octanol–water partition coefficient (Wildman–Crippen LogP) is 1.06. The Labute approximate surface area is 156 Å². The van der Waals surface area contributed by atoms with Crippen LogP contribution in [0, 0.1) is 0 Å². The molecule has 0 unspecified atom stereocenters. The fourth-order valence-electron chi connectivity index (χ4n) is 3.03. The predicted molar refractivity (Wildman–Crippen MR) is 101 cm³/mol. The molecule has 2 heterocycles. The Morgan fingerprint density at radius 2 is 1.65 bits per heavy atom. The fraction of sp³-hybridized carbons (Fsp3) is 0.684. The van der Waals surface area contributed by atoms with Crippen molar-refractivity contribution in [1.82, 2.24) is 4.90 Å². The summed E-state index contributed by atoms with van der Waals surface area (Å²) in [7, 11) is -0.374. The molecular weight excluding hydrogens is 333 g/mol. The number of aliphatic hydroxyl groups excluding tert-OH is 1. The zero-order valence-electron chi connectivity index (χ0n) is 16.2. The summed E-state index contributed by atoms with van der Waals surface area (Å²) in [6.07, 6.45) is -0.518. The van der Waals surface area contributed by atoms with Gasteiger partial charge in [0.1, 0.15) is 18.5 Å². The average Bonchev–Trinajstić information content (AvgIpc) is 2.82. The standard InChI is InChI=1S/C19H30BNO5/c1-18(2)19(3,4)26-20(25-18)15-5-7-17(8-6-15)24-14-16(22)13-21-9-11-23-12-10-21/h5-8,16,22H,9-14H2,1-4H3/t16-/m0/s1. The summed E-state index contributed by atoms with van der Waals surface area (Å²) in [6.45, 7) is 12.2. The first-order chi connectivity index (χ1) is 12.3. The third kappa shape index (κ3) is 4.59. The molecule has 0 amide bonds. The molecule has 1 atom stereocenters. The molecule has 144 valence electrons. The second-order valence-corrected chi connectivity index (χ2v) is 8.04. The van der Waals surface area contributed by atoms with Crippen molar-refractivity contribution in [1.29, 1.82) is 0 Å². The Morgan fingerprint density at radius 1 is 1.08 bits per heavy atom. The summed E-state index contributed by atoms with van der Waals surface area (Å²) < 4.78 is 23.1. The van der Waals surface area contributed by atoms with Crippen molar-refractivity contribution in [3.05, 3.63) is 24.3 Å². The molecule has 2 fully saturated rings. The van der Waals surface area contributed by atoms with Gasteiger partial charge in [0.2, 0.25) is 0 Å². The minimum atomic E-state index is -0.518. The van der Waals surface area contributed by atoms with E-state index in [1.54, 1.807) is 0 Å². The molecule has 1 aromatic carbocycles. The maximum atomic E-state index is 10.2. The molecule has 1 aromatic rings. The third-order valence-corrected chi connectivity index (χ3v) is 5.42. The van der Waals surface area contributed by atoms with E-state index in [9.17, 15) is 5.11 Å². The first kappa shape index (κ1) is 19.6. The van der Waals surface area contributed by atoms with E-state index in [-0.39, 0.29) is 24.9 Å². The highest BCUT2D eigenvalue weighted by Gasteiger charge is 2.51. The van der Waals surface area contributed by atoms with Gasteiger partial charge in [-0.2, -0.15) is 0 Å². The molecule has 2 saturated heterocycles. The van der Waals surface area contributed by atoms with E-state index >= 15 is 0 Å². The number of rotatable bonds is 6. The quantitative estimate of drug-likeness (QED) is 0.763. The molecule has 0 aliphatic carbocycles. The van der Waals surface area contributed by atoms with Crippen molar-refractivity contribution in [3.63, 3.8) is 0 Å². The summed E-state index contributed by atoms with van der Waals surface area (Å²) in [6, 6.07) is 7.68. The van der Waals surface area contributed by atoms with E-state index in [0.717, 1.165) is 37.5 Å². The number of aliphatic hydroxyl groups is 1. The Hall–Kier alpha value is -1.12. The van der Waals surface area contributed by atoms with E-state index in [1.165, 1.54) is 0 Å². The first-order valence-electron chi connectivity index (χ1n) is 9.33. The molecule has 0 bridgehead atoms. The Bertz CT molecular complexity index is 570. The van der Waals surface area contributed by atoms with Crippen LogP contribution in [0.25, 0.3) is 0 Å². The molecule has 6 nitrogen and oxygen atoms in total. The van der Waals surface area contributed by atoms with E-state index in [2.05, 4.69) is 4.90 Å². The van der Waals surface area contributed by atoms with Gasteiger partial charge in [0.25, 0.3) is 0 Å². The molecule has 2 aliphatic heterocycles. The second-order valence-electron chi connectivity index (χ2n) is 8.04. The van der Waals surface area contributed by atoms with Crippen LogP contribution < -0.4 is 10.2 Å². The monoisotopic (exact) mass is 363 g/mol. The van der Waals surface area contributed by atoms with Gasteiger partial charge in [-0.05, 0) is 45.3 Å². The summed E-state index contributed by atoms with van der Waals surface area (Å²) >= 11 is 0. The van der Waals surface area contributed by atoms with Crippen molar-refractivity contribution >= 4 is 12.6 Å². The van der Waals surface area contributed by atoms with Gasteiger partial charge >= 0.3 is 7.12 Å². The molecule has 0 saturated carbocycles. The molecule has 2 aliphatic rings. The maximum absolute atomic E-state index is 10.2. The molecule has 0 spiro atoms. The number of ether oxygens (including phenoxy) is 2. The largest absolute Gasteiger partial charge is 0.494 e. The molecule has 0 aromatic heterocycles. The van der Waals surface area contributed by atoms with Crippen molar-refractivity contribution in [2.45, 2.75) is 45.0 Å². The van der Waals surface area contributed by atoms with Crippen LogP contribution in [-0.2, 0) is 14.0 Å². The van der Waals surface area contributed by atoms with Crippen LogP contribution in [0.5, 0.6) is 5.75 Å². The van der Waals surface area contributed by atoms with Crippen LogP contribution in [0.2, 0.25) is 0 Å². The zero-order valence-corrected chi connectivity index (χ0v) is 16.2. The van der Waals surface area contributed by atoms with Crippen molar-refractivity contribution in [3.8, 4) is 5.75 Å². The van der Waals surface area contributed by atoms with Crippen LogP contribution in [0.1, 0.15) is 27.7 Å². The van der Waals surface area contributed by atoms with Gasteiger partial charge in [-0.1, -0.05) is 12.1 Å². The number of morpholine rings is 1. The lowest BCUT2D eigenvalue weighted by molar-refractivity contribution is 0.00465. The lowest BCUT2D eigenvalue weighted by atomic mass is 9.79. The van der Waals surface area contributed by atoms with Crippen LogP contribution in [0.15, 0.2) is 24.3 Å². The fourth-order valence-corrected chi connectivity index (χ4v) is 3.03. The number of hydrogen-bond acceptors (Lipinski definition) is 6. The Morgan fingerprint density at radius 3 is 2.23 bits per heavy atom. The number of nitrogens with zero attached hydrogens (tertiary/aromatic N) is 1. The zero-order chi connectivity index (χ0) is 18.8. The highest BCUT2D eigenvalue weighted by molar-refractivity contribution is 6.62. The van der Waals surface area contributed by atoms with Crippen molar-refractivity contribution in [2.75, 3.05) is 39.5 Å². The molecular formula is C19H30BNO5. The van der Waals surface area contributed by atoms with Crippen LogP contribution in [-0.4, -0.2) is 73.9 Å². The smallest absolute Gasteiger partial charge is 0.491 e. The minimum Gasteiger partial charge on any atom is -0.491 e. The minimum absolute atomic E-state index is 0.271. The van der Waals surface area contributed by atoms with E-state index in [1.807, 2.05) is 52.0 Å². The maximum Gasteiger partial charge on any atom is 0.494 e. The van der Waals surface area contributed by atoms with Crippen LogP contribution in [0.3, 0.4) is 0 Å². The Kier molecular flexibility index (Phi) is 5.94. The average molecular weight is 363 g/mol. The van der Waals surface area contributed by atoms with Gasteiger partial charge < -0.3 is 23.9 Å². The highest BCUT2D eigenvalue weighted by Crippen LogP contribution is 2.36. The lowest BCUT2D eigenvalue weighted by Crippen LogP contribution is -2.42. The van der Waals surface area contributed by atoms with Gasteiger partial charge in [0.05, 0.1) is 24.4 Å². The number of benzene rings is 1. The van der Waals surface area contributed by atoms with Gasteiger partial charge in [0.15, 0.2) is 0 Å². The van der Waals surface area contributed by atoms with Crippen LogP contribution in [0.4, 0.5) is 0 Å². The van der Waals surface area contributed by atoms with Gasteiger partial charge in [-0.25, -0.2) is 0 Å². The van der Waals surface area contributed by atoms with Crippen molar-refractivity contribution in [2.24, 2.45) is 0 Å². The summed E-state index contributed by atoms with van der Waals surface area (Å²) in [5.74, 6) is 0.728. The van der Waals surface area contributed by atoms with Crippen molar-refractivity contribution < 1.29 is 23.9 Å². The second kappa shape index (κ2) is 7.86.